The molecular formula is C16H16F3N3O2. The van der Waals surface area contributed by atoms with Crippen molar-refractivity contribution < 1.29 is 22.8 Å². The lowest BCUT2D eigenvalue weighted by Gasteiger charge is -2.35. The highest BCUT2D eigenvalue weighted by Gasteiger charge is 2.49. The first-order valence-electron chi connectivity index (χ1n) is 7.37. The van der Waals surface area contributed by atoms with Crippen LogP contribution in [0.15, 0.2) is 18.2 Å². The molecule has 1 saturated heterocycles. The molecule has 2 amide bonds. The van der Waals surface area contributed by atoms with Crippen LogP contribution in [-0.4, -0.2) is 28.8 Å². The van der Waals surface area contributed by atoms with E-state index in [2.05, 4.69) is 0 Å². The van der Waals surface area contributed by atoms with Crippen molar-refractivity contribution in [2.75, 3.05) is 6.54 Å². The second-order valence-electron chi connectivity index (χ2n) is 5.66. The van der Waals surface area contributed by atoms with Gasteiger partial charge in [-0.3, -0.25) is 9.59 Å². The molecule has 1 aliphatic heterocycles. The number of hydrogen-bond acceptors (Lipinski definition) is 3. The lowest BCUT2D eigenvalue weighted by molar-refractivity contribution is -0.139. The van der Waals surface area contributed by atoms with Gasteiger partial charge in [-0.2, -0.15) is 18.4 Å². The molecule has 8 heteroatoms. The van der Waals surface area contributed by atoms with E-state index in [4.69, 9.17) is 5.73 Å². The van der Waals surface area contributed by atoms with Crippen molar-refractivity contribution in [2.24, 2.45) is 5.73 Å². The van der Waals surface area contributed by atoms with Crippen molar-refractivity contribution in [1.82, 2.24) is 4.90 Å². The van der Waals surface area contributed by atoms with Gasteiger partial charge in [-0.05, 0) is 25.0 Å². The van der Waals surface area contributed by atoms with Gasteiger partial charge in [-0.1, -0.05) is 12.1 Å². The van der Waals surface area contributed by atoms with Gasteiger partial charge in [0.15, 0.2) is 0 Å². The molecule has 5 nitrogen and oxygen atoms in total. The summed E-state index contributed by atoms with van der Waals surface area (Å²) < 4.78 is 39.2. The predicted molar refractivity (Wildman–Crippen MR) is 78.4 cm³/mol. The van der Waals surface area contributed by atoms with Crippen LogP contribution in [0.2, 0.25) is 0 Å². The molecule has 1 aromatic carbocycles. The van der Waals surface area contributed by atoms with Crippen LogP contribution >= 0.6 is 0 Å². The zero-order valence-electron chi connectivity index (χ0n) is 13.0. The number of nitrogens with zero attached hydrogens (tertiary/aromatic N) is 2. The number of halogens is 3. The Morgan fingerprint density at radius 3 is 2.62 bits per heavy atom. The molecule has 0 aliphatic carbocycles. The molecule has 128 valence electrons. The summed E-state index contributed by atoms with van der Waals surface area (Å²) in [6.45, 7) is 1.88. The van der Waals surface area contributed by atoms with E-state index in [1.165, 1.54) is 17.0 Å². The first-order valence-corrected chi connectivity index (χ1v) is 7.37. The molecule has 1 fully saturated rings. The smallest absolute Gasteiger partial charge is 0.368 e. The number of benzene rings is 1. The number of likely N-dealkylation sites (N-methyl/N-ethyl adjacent to an activating group) is 1. The SMILES string of the molecule is CCN1C(=O)CC[C@@]1(Cc1cccc(C(F)(F)F)c1C#N)C(N)=O. The summed E-state index contributed by atoms with van der Waals surface area (Å²) in [4.78, 5) is 25.3. The van der Waals surface area contributed by atoms with E-state index >= 15 is 0 Å². The highest BCUT2D eigenvalue weighted by Crippen LogP contribution is 2.37. The third-order valence-electron chi connectivity index (χ3n) is 4.40. The Kier molecular flexibility index (Phi) is 4.56. The van der Waals surface area contributed by atoms with Crippen molar-refractivity contribution >= 4 is 11.8 Å². The molecule has 0 spiro atoms. The standard InChI is InChI=1S/C16H16F3N3O2/c1-2-22-13(23)6-7-15(22,14(21)24)8-10-4-3-5-12(11(10)9-20)16(17,18)19/h3-5H,2,6-8H2,1H3,(H2,21,24)/t15-/m1/s1. The van der Waals surface area contributed by atoms with E-state index in [0.717, 1.165) is 6.07 Å². The number of likely N-dealkylation sites (tertiary alicyclic amines) is 1. The molecule has 1 atom stereocenters. The molecule has 1 aromatic rings. The molecule has 0 bridgehead atoms. The summed E-state index contributed by atoms with van der Waals surface area (Å²) in [6.07, 6.45) is -4.68. The molecule has 1 heterocycles. The van der Waals surface area contributed by atoms with Gasteiger partial charge in [0.1, 0.15) is 11.6 Å². The topological polar surface area (TPSA) is 87.2 Å². The van der Waals surface area contributed by atoms with Gasteiger partial charge in [-0.15, -0.1) is 0 Å². The van der Waals surface area contributed by atoms with Crippen LogP contribution < -0.4 is 5.73 Å². The van der Waals surface area contributed by atoms with Gasteiger partial charge in [0.25, 0.3) is 0 Å². The van der Waals surface area contributed by atoms with Crippen molar-refractivity contribution in [3.63, 3.8) is 0 Å². The van der Waals surface area contributed by atoms with E-state index < -0.39 is 28.7 Å². The zero-order chi connectivity index (χ0) is 18.1. The number of amides is 2. The molecular weight excluding hydrogens is 323 g/mol. The summed E-state index contributed by atoms with van der Waals surface area (Å²) in [7, 11) is 0. The Labute approximate surface area is 136 Å². The lowest BCUT2D eigenvalue weighted by Crippen LogP contribution is -2.56. The van der Waals surface area contributed by atoms with Crippen LogP contribution in [0.25, 0.3) is 0 Å². The zero-order valence-corrected chi connectivity index (χ0v) is 13.0. The van der Waals surface area contributed by atoms with Crippen LogP contribution in [0.5, 0.6) is 0 Å². The van der Waals surface area contributed by atoms with Gasteiger partial charge < -0.3 is 10.6 Å². The quantitative estimate of drug-likeness (QED) is 0.910. The minimum absolute atomic E-state index is 0.0549. The number of nitriles is 1. The Hall–Kier alpha value is -2.56. The third kappa shape index (κ3) is 2.82. The van der Waals surface area contributed by atoms with Gasteiger partial charge in [0.05, 0.1) is 11.1 Å². The number of carbonyl (C=O) groups excluding carboxylic acids is 2. The second kappa shape index (κ2) is 6.15. The monoisotopic (exact) mass is 339 g/mol. The number of nitrogens with two attached hydrogens (primary N) is 1. The van der Waals surface area contributed by atoms with E-state index in [0.29, 0.717) is 0 Å². The third-order valence-corrected chi connectivity index (χ3v) is 4.40. The van der Waals surface area contributed by atoms with Crippen LogP contribution in [-0.2, 0) is 22.2 Å². The fourth-order valence-electron chi connectivity index (χ4n) is 3.26. The Bertz CT molecular complexity index is 724. The molecule has 0 unspecified atom stereocenters. The molecule has 2 N–H and O–H groups in total. The van der Waals surface area contributed by atoms with E-state index in [1.807, 2.05) is 0 Å². The summed E-state index contributed by atoms with van der Waals surface area (Å²) in [5, 5.41) is 9.19. The number of rotatable bonds is 4. The highest BCUT2D eigenvalue weighted by molar-refractivity contribution is 5.94. The molecule has 0 aromatic heterocycles. The summed E-state index contributed by atoms with van der Waals surface area (Å²) in [6, 6.07) is 4.92. The van der Waals surface area contributed by atoms with Gasteiger partial charge in [0, 0.05) is 19.4 Å². The second-order valence-corrected chi connectivity index (χ2v) is 5.66. The van der Waals surface area contributed by atoms with Crippen molar-refractivity contribution in [1.29, 1.82) is 5.26 Å². The summed E-state index contributed by atoms with van der Waals surface area (Å²) in [5.41, 5.74) is 2.54. The average molecular weight is 339 g/mol. The minimum atomic E-state index is -4.68. The largest absolute Gasteiger partial charge is 0.417 e. The van der Waals surface area contributed by atoms with Gasteiger partial charge >= 0.3 is 6.18 Å². The number of carbonyl (C=O) groups is 2. The predicted octanol–water partition coefficient (Wildman–Crippen LogP) is 1.99. The Balaban J connectivity index is 2.55. The van der Waals surface area contributed by atoms with Crippen LogP contribution in [0.1, 0.15) is 36.5 Å². The van der Waals surface area contributed by atoms with Gasteiger partial charge in [-0.25, -0.2) is 0 Å². The number of hydrogen-bond donors (Lipinski definition) is 1. The number of alkyl halides is 3. The highest BCUT2D eigenvalue weighted by atomic mass is 19.4. The van der Waals surface area contributed by atoms with Gasteiger partial charge in [0.2, 0.25) is 11.8 Å². The summed E-state index contributed by atoms with van der Waals surface area (Å²) >= 11 is 0. The first-order chi connectivity index (χ1) is 11.2. The minimum Gasteiger partial charge on any atom is -0.368 e. The molecule has 0 radical (unpaired) electrons. The molecule has 2 rings (SSSR count). The lowest BCUT2D eigenvalue weighted by atomic mass is 9.84. The molecule has 24 heavy (non-hydrogen) atoms. The maximum atomic E-state index is 13.1. The van der Waals surface area contributed by atoms with Crippen LogP contribution in [0, 0.1) is 11.3 Å². The summed E-state index contributed by atoms with van der Waals surface area (Å²) in [5.74, 6) is -1.06. The first kappa shape index (κ1) is 17.8. The van der Waals surface area contributed by atoms with Crippen LogP contribution in [0.3, 0.4) is 0 Å². The average Bonchev–Trinajstić information content (AvgIpc) is 2.83. The Morgan fingerprint density at radius 2 is 2.12 bits per heavy atom. The number of primary amides is 1. The maximum Gasteiger partial charge on any atom is 0.417 e. The maximum absolute atomic E-state index is 13.1. The fourth-order valence-corrected chi connectivity index (χ4v) is 3.26. The van der Waals surface area contributed by atoms with E-state index in [-0.39, 0.29) is 37.3 Å². The molecule has 1 aliphatic rings. The van der Waals surface area contributed by atoms with E-state index in [9.17, 15) is 28.0 Å². The molecule has 0 saturated carbocycles. The van der Waals surface area contributed by atoms with Crippen molar-refractivity contribution in [2.45, 2.75) is 37.9 Å². The van der Waals surface area contributed by atoms with Crippen LogP contribution in [0.4, 0.5) is 13.2 Å². The van der Waals surface area contributed by atoms with Crippen molar-refractivity contribution in [3.8, 4) is 6.07 Å². The normalized spacial score (nSPS) is 21.0. The fraction of sp³-hybridized carbons (Fsp3) is 0.438. The Morgan fingerprint density at radius 1 is 1.46 bits per heavy atom. The van der Waals surface area contributed by atoms with E-state index in [1.54, 1.807) is 13.0 Å². The van der Waals surface area contributed by atoms with Crippen molar-refractivity contribution in [3.05, 3.63) is 34.9 Å².